The Kier molecular flexibility index (Phi) is 3.13. The van der Waals surface area contributed by atoms with E-state index < -0.39 is 0 Å². The number of hydrogen-bond acceptors (Lipinski definition) is 3. The molecule has 0 aliphatic rings. The first-order valence-corrected chi connectivity index (χ1v) is 8.21. The highest BCUT2D eigenvalue weighted by Gasteiger charge is 2.05. The molecule has 3 aromatic carbocycles. The number of nitrogens with zero attached hydrogens (tertiary/aromatic N) is 1. The molecular formula is C17H11BrN2S. The van der Waals surface area contributed by atoms with Crippen molar-refractivity contribution in [2.45, 2.75) is 0 Å². The summed E-state index contributed by atoms with van der Waals surface area (Å²) in [5.74, 6) is 0. The summed E-state index contributed by atoms with van der Waals surface area (Å²) < 4.78 is 2.24. The van der Waals surface area contributed by atoms with Crippen molar-refractivity contribution in [3.05, 3.63) is 65.1 Å². The average molecular weight is 355 g/mol. The van der Waals surface area contributed by atoms with Gasteiger partial charge in [0, 0.05) is 10.2 Å². The van der Waals surface area contributed by atoms with E-state index in [2.05, 4.69) is 74.8 Å². The Bertz CT molecular complexity index is 946. The number of benzene rings is 3. The highest BCUT2D eigenvalue weighted by Crippen LogP contribution is 2.30. The van der Waals surface area contributed by atoms with Gasteiger partial charge < -0.3 is 5.32 Å². The Morgan fingerprint density at radius 1 is 0.905 bits per heavy atom. The summed E-state index contributed by atoms with van der Waals surface area (Å²) in [6.45, 7) is 0. The predicted octanol–water partition coefficient (Wildman–Crippen LogP) is 5.96. The fraction of sp³-hybridized carbons (Fsp3) is 0. The zero-order chi connectivity index (χ0) is 14.2. The lowest BCUT2D eigenvalue weighted by Gasteiger charge is -2.04. The first-order chi connectivity index (χ1) is 10.3. The zero-order valence-electron chi connectivity index (χ0n) is 11.0. The minimum absolute atomic E-state index is 0.915. The number of halogens is 1. The molecule has 1 N–H and O–H groups in total. The Morgan fingerprint density at radius 3 is 2.67 bits per heavy atom. The van der Waals surface area contributed by atoms with Crippen molar-refractivity contribution in [1.82, 2.24) is 4.98 Å². The topological polar surface area (TPSA) is 24.9 Å². The predicted molar refractivity (Wildman–Crippen MR) is 94.6 cm³/mol. The Labute approximate surface area is 134 Å². The molecule has 21 heavy (non-hydrogen) atoms. The lowest BCUT2D eigenvalue weighted by atomic mass is 10.1. The molecule has 0 unspecified atom stereocenters. The maximum Gasteiger partial charge on any atom is 0.188 e. The van der Waals surface area contributed by atoms with Gasteiger partial charge >= 0.3 is 0 Å². The average Bonchev–Trinajstić information content (AvgIpc) is 2.88. The molecule has 0 aliphatic carbocycles. The highest BCUT2D eigenvalue weighted by atomic mass is 79.9. The standard InChI is InChI=1S/C17H11BrN2S/c18-13-6-8-16-15(10-13)20-17(21-16)19-14-7-5-11-3-1-2-4-12(11)9-14/h1-10H,(H,19,20). The van der Waals surface area contributed by atoms with Crippen molar-refractivity contribution in [3.8, 4) is 0 Å². The number of hydrogen-bond donors (Lipinski definition) is 1. The van der Waals surface area contributed by atoms with Crippen LogP contribution in [-0.4, -0.2) is 4.98 Å². The van der Waals surface area contributed by atoms with Gasteiger partial charge in [0.25, 0.3) is 0 Å². The van der Waals surface area contributed by atoms with Gasteiger partial charge in [-0.3, -0.25) is 0 Å². The van der Waals surface area contributed by atoms with Crippen molar-refractivity contribution in [2.75, 3.05) is 5.32 Å². The maximum atomic E-state index is 4.63. The zero-order valence-corrected chi connectivity index (χ0v) is 13.4. The van der Waals surface area contributed by atoms with Gasteiger partial charge in [-0.15, -0.1) is 0 Å². The molecule has 0 amide bonds. The number of thiazole rings is 1. The minimum atomic E-state index is 0.915. The summed E-state index contributed by atoms with van der Waals surface area (Å²) in [4.78, 5) is 4.63. The van der Waals surface area contributed by atoms with Gasteiger partial charge in [-0.05, 0) is 41.1 Å². The van der Waals surface area contributed by atoms with Crippen molar-refractivity contribution >= 4 is 59.1 Å². The highest BCUT2D eigenvalue weighted by molar-refractivity contribution is 9.10. The molecular weight excluding hydrogens is 344 g/mol. The van der Waals surface area contributed by atoms with Gasteiger partial charge in [-0.1, -0.05) is 57.6 Å². The first-order valence-electron chi connectivity index (χ1n) is 6.60. The van der Waals surface area contributed by atoms with Crippen molar-refractivity contribution in [2.24, 2.45) is 0 Å². The third-order valence-electron chi connectivity index (χ3n) is 3.35. The number of aromatic nitrogens is 1. The molecule has 0 saturated heterocycles. The summed E-state index contributed by atoms with van der Waals surface area (Å²) in [6.07, 6.45) is 0. The monoisotopic (exact) mass is 354 g/mol. The first kappa shape index (κ1) is 12.8. The lowest BCUT2D eigenvalue weighted by Crippen LogP contribution is -1.88. The molecule has 0 saturated carbocycles. The second-order valence-corrected chi connectivity index (χ2v) is 6.76. The van der Waals surface area contributed by atoms with Crippen LogP contribution in [0.2, 0.25) is 0 Å². The van der Waals surface area contributed by atoms with Crippen molar-refractivity contribution < 1.29 is 0 Å². The van der Waals surface area contributed by atoms with E-state index >= 15 is 0 Å². The normalized spacial score (nSPS) is 11.1. The quantitative estimate of drug-likeness (QED) is 0.480. The van der Waals surface area contributed by atoms with Crippen LogP contribution in [0.5, 0.6) is 0 Å². The largest absolute Gasteiger partial charge is 0.332 e. The Balaban J connectivity index is 1.71. The van der Waals surface area contributed by atoms with Crippen LogP contribution in [0.4, 0.5) is 10.8 Å². The Morgan fingerprint density at radius 2 is 1.76 bits per heavy atom. The molecule has 2 nitrogen and oxygen atoms in total. The van der Waals surface area contributed by atoms with Crippen LogP contribution >= 0.6 is 27.3 Å². The molecule has 1 aromatic heterocycles. The van der Waals surface area contributed by atoms with E-state index in [-0.39, 0.29) is 0 Å². The summed E-state index contributed by atoms with van der Waals surface area (Å²) in [5, 5.41) is 6.79. The lowest BCUT2D eigenvalue weighted by molar-refractivity contribution is 1.44. The van der Waals surface area contributed by atoms with Crippen LogP contribution in [0.15, 0.2) is 65.1 Å². The van der Waals surface area contributed by atoms with E-state index in [1.165, 1.54) is 15.5 Å². The second kappa shape index (κ2) is 5.13. The number of anilines is 2. The summed E-state index contributed by atoms with van der Waals surface area (Å²) in [5.41, 5.74) is 2.07. The van der Waals surface area contributed by atoms with Gasteiger partial charge in [0.15, 0.2) is 5.13 Å². The summed E-state index contributed by atoms with van der Waals surface area (Å²) in [6, 6.07) is 20.9. The van der Waals surface area contributed by atoms with Crippen LogP contribution in [0.3, 0.4) is 0 Å². The van der Waals surface area contributed by atoms with Crippen LogP contribution in [0, 0.1) is 0 Å². The molecule has 1 heterocycles. The second-order valence-electron chi connectivity index (χ2n) is 4.82. The molecule has 102 valence electrons. The minimum Gasteiger partial charge on any atom is -0.332 e. The smallest absolute Gasteiger partial charge is 0.188 e. The van der Waals surface area contributed by atoms with E-state index in [1.54, 1.807) is 11.3 Å². The van der Waals surface area contributed by atoms with Gasteiger partial charge in [0.2, 0.25) is 0 Å². The van der Waals surface area contributed by atoms with Crippen molar-refractivity contribution in [1.29, 1.82) is 0 Å². The van der Waals surface area contributed by atoms with E-state index in [9.17, 15) is 0 Å². The van der Waals surface area contributed by atoms with Gasteiger partial charge in [-0.2, -0.15) is 0 Å². The van der Waals surface area contributed by atoms with Gasteiger partial charge in [0.05, 0.1) is 10.2 Å². The molecule has 4 heteroatoms. The fourth-order valence-corrected chi connectivity index (χ4v) is 3.56. The fourth-order valence-electron chi connectivity index (χ4n) is 2.34. The van der Waals surface area contributed by atoms with E-state index in [4.69, 9.17) is 0 Å². The summed E-state index contributed by atoms with van der Waals surface area (Å²) in [7, 11) is 0. The van der Waals surface area contributed by atoms with Crippen LogP contribution in [0.25, 0.3) is 21.0 Å². The molecule has 0 atom stereocenters. The van der Waals surface area contributed by atoms with Crippen LogP contribution < -0.4 is 5.32 Å². The third kappa shape index (κ3) is 2.52. The third-order valence-corrected chi connectivity index (χ3v) is 4.80. The van der Waals surface area contributed by atoms with Gasteiger partial charge in [-0.25, -0.2) is 4.98 Å². The molecule has 0 radical (unpaired) electrons. The van der Waals surface area contributed by atoms with Crippen molar-refractivity contribution in [3.63, 3.8) is 0 Å². The number of nitrogens with one attached hydrogen (secondary N) is 1. The number of rotatable bonds is 2. The molecule has 0 aliphatic heterocycles. The van der Waals surface area contributed by atoms with E-state index in [0.717, 1.165) is 20.8 Å². The Hall–Kier alpha value is -1.91. The molecule has 4 aromatic rings. The molecule has 0 bridgehead atoms. The van der Waals surface area contributed by atoms with E-state index in [1.807, 2.05) is 12.1 Å². The molecule has 0 spiro atoms. The molecule has 4 rings (SSSR count). The summed E-state index contributed by atoms with van der Waals surface area (Å²) >= 11 is 5.14. The molecule has 0 fully saturated rings. The van der Waals surface area contributed by atoms with Crippen LogP contribution in [0.1, 0.15) is 0 Å². The number of fused-ring (bicyclic) bond motifs is 2. The maximum absolute atomic E-state index is 4.63. The van der Waals surface area contributed by atoms with E-state index in [0.29, 0.717) is 0 Å². The van der Waals surface area contributed by atoms with Crippen LogP contribution in [-0.2, 0) is 0 Å². The van der Waals surface area contributed by atoms with Gasteiger partial charge in [0.1, 0.15) is 0 Å². The SMILES string of the molecule is Brc1ccc2sc(Nc3ccc4ccccc4c3)nc2c1.